The predicted molar refractivity (Wildman–Crippen MR) is 38.1 cm³/mol. The van der Waals surface area contributed by atoms with Crippen LogP contribution in [0.15, 0.2) is 0 Å². The maximum atomic E-state index is 7.89. The topological polar surface area (TPSA) is 85.8 Å². The smallest absolute Gasteiger partial charge is 1.00 e. The minimum absolute atomic E-state index is 0. The summed E-state index contributed by atoms with van der Waals surface area (Å²) >= 11 is 0. The number of hydrogen-bond donors (Lipinski definition) is 3. The van der Waals surface area contributed by atoms with Crippen LogP contribution >= 0.6 is 7.74 Å². The van der Waals surface area contributed by atoms with Crippen molar-refractivity contribution in [1.29, 1.82) is 0 Å². The third-order valence-electron chi connectivity index (χ3n) is 0.275. The fourth-order valence-electron chi connectivity index (χ4n) is 0.0447. The van der Waals surface area contributed by atoms with Gasteiger partial charge in [0.25, 0.3) is 0 Å². The van der Waals surface area contributed by atoms with Gasteiger partial charge in [0.1, 0.15) is 0 Å². The normalized spacial score (nSPS) is 28.6. The molecule has 0 unspecified atom stereocenters. The summed E-state index contributed by atoms with van der Waals surface area (Å²) in [6.45, 7) is 0. The molecule has 1 aliphatic rings. The Morgan fingerprint density at radius 2 is 1.22 bits per heavy atom. The largest absolute Gasteiger partial charge is 1.00 e. The van der Waals surface area contributed by atoms with Gasteiger partial charge in [0.15, 0.2) is 17.4 Å². The predicted octanol–water partition coefficient (Wildman–Crippen LogP) is -6.47. The molecule has 1 heterocycles. The van der Waals surface area contributed by atoms with Crippen LogP contribution in [0.1, 0.15) is 1.43 Å². The molecule has 1 rings (SSSR count). The van der Waals surface area contributed by atoms with Gasteiger partial charge in [-0.25, -0.2) is 0 Å². The Kier molecular flexibility index (Phi) is 7.72. The van der Waals surface area contributed by atoms with Crippen molar-refractivity contribution >= 4 is 42.7 Å². The molecule has 0 spiro atoms. The van der Waals surface area contributed by atoms with E-state index in [0.717, 1.165) is 0 Å². The van der Waals surface area contributed by atoms with Gasteiger partial charge in [-0.15, -0.1) is 0 Å². The Morgan fingerprint density at radius 1 is 1.11 bits per heavy atom. The standard InChI is InChI=1S/Al.GeH4.Li.H3O5P.4H/c;;;1-6(2,3)4-5-6;;;;/h;1H4;;1-3H;;;;/q;;+1;;;;;-1. The molecule has 0 radical (unpaired) electrons. The zero-order valence-electron chi connectivity index (χ0n) is 4.61. The van der Waals surface area contributed by atoms with E-state index in [9.17, 15) is 0 Å². The van der Waals surface area contributed by atoms with Crippen molar-refractivity contribution in [2.24, 2.45) is 0 Å². The molecule has 9 heteroatoms. The van der Waals surface area contributed by atoms with E-state index >= 15 is 0 Å². The molecule has 54 valence electrons. The zero-order valence-corrected chi connectivity index (χ0v) is 4.50. The molecule has 0 saturated carbocycles. The molecule has 0 aromatic rings. The first-order chi connectivity index (χ1) is 2.47. The van der Waals surface area contributed by atoms with Crippen molar-refractivity contribution in [2.75, 3.05) is 0 Å². The van der Waals surface area contributed by atoms with Crippen LogP contribution in [0.3, 0.4) is 0 Å². The van der Waals surface area contributed by atoms with Crippen LogP contribution in [0, 0.1) is 0 Å². The average molecular weight is 229 g/mol. The maximum Gasteiger partial charge on any atom is 1.00 e. The molecule has 0 amide bonds. The van der Waals surface area contributed by atoms with Crippen molar-refractivity contribution in [3.05, 3.63) is 0 Å². The number of rotatable bonds is 0. The third-order valence-corrected chi connectivity index (χ3v) is 0.824. The minimum atomic E-state index is -4.80. The van der Waals surface area contributed by atoms with Crippen molar-refractivity contribution in [3.63, 3.8) is 0 Å². The molecule has 0 atom stereocenters. The average Bonchev–Trinajstić information content (AvgIpc) is 1.73. The molecule has 0 aromatic heterocycles. The Labute approximate surface area is 86.8 Å². The second-order valence-electron chi connectivity index (χ2n) is 0.982. The molecule has 5 nitrogen and oxygen atoms in total. The van der Waals surface area contributed by atoms with Gasteiger partial charge < -0.3 is 1.43 Å². The molecule has 1 aliphatic heterocycles. The van der Waals surface area contributed by atoms with Crippen molar-refractivity contribution in [1.82, 2.24) is 0 Å². The summed E-state index contributed by atoms with van der Waals surface area (Å²) in [5, 5.41) is 0. The molecule has 0 bridgehead atoms. The van der Waals surface area contributed by atoms with Gasteiger partial charge in [0, 0.05) is 0 Å². The van der Waals surface area contributed by atoms with Crippen molar-refractivity contribution in [3.8, 4) is 0 Å². The molecule has 0 aromatic carbocycles. The van der Waals surface area contributed by atoms with Gasteiger partial charge in [0.05, 0.1) is 0 Å². The van der Waals surface area contributed by atoms with E-state index in [4.69, 9.17) is 14.7 Å². The summed E-state index contributed by atoms with van der Waals surface area (Å²) in [5.74, 6) is 0. The molecule has 1 fully saturated rings. The van der Waals surface area contributed by atoms with Gasteiger partial charge in [-0.3, -0.25) is 0 Å². The van der Waals surface area contributed by atoms with Crippen LogP contribution in [0.25, 0.3) is 0 Å². The molecule has 9 heavy (non-hydrogen) atoms. The van der Waals surface area contributed by atoms with Crippen LogP contribution in [0.2, 0.25) is 0 Å². The quantitative estimate of drug-likeness (QED) is 0.166. The summed E-state index contributed by atoms with van der Waals surface area (Å²) < 4.78 is 6.76. The first-order valence-electron chi connectivity index (χ1n) is 1.13. The monoisotopic (exact) mass is 230 g/mol. The molecular weight excluding hydrogens is 218 g/mol. The van der Waals surface area contributed by atoms with Gasteiger partial charge >= 0.3 is 68.2 Å². The van der Waals surface area contributed by atoms with Crippen LogP contribution < -0.4 is 18.9 Å². The van der Waals surface area contributed by atoms with E-state index in [1.54, 1.807) is 0 Å². The van der Waals surface area contributed by atoms with E-state index in [-0.39, 0.29) is 55.2 Å². The summed E-state index contributed by atoms with van der Waals surface area (Å²) in [5.41, 5.74) is 0. The molecule has 0 aliphatic carbocycles. The van der Waals surface area contributed by atoms with E-state index in [1.807, 2.05) is 0 Å². The Balaban J connectivity index is -0.0000000450. The fourth-order valence-corrected chi connectivity index (χ4v) is 0.402. The first-order valence-corrected chi connectivity index (χ1v) is 3.06. The summed E-state index contributed by atoms with van der Waals surface area (Å²) in [7, 11) is -4.80. The summed E-state index contributed by atoms with van der Waals surface area (Å²) in [4.78, 5) is 23.7. The van der Waals surface area contributed by atoms with Crippen LogP contribution in [-0.2, 0) is 9.35 Å². The van der Waals surface area contributed by atoms with E-state index in [1.165, 1.54) is 0 Å². The molecular formula is H11AlGeLiO5P. The second kappa shape index (κ2) is 4.06. The Hall–Kier alpha value is 1.90. The zero-order chi connectivity index (χ0) is 4.86. The van der Waals surface area contributed by atoms with Crippen LogP contribution in [0.5, 0.6) is 0 Å². The second-order valence-corrected chi connectivity index (χ2v) is 2.95. The molecule has 3 N–H and O–H groups in total. The van der Waals surface area contributed by atoms with Crippen molar-refractivity contribution in [2.45, 2.75) is 0 Å². The first kappa shape index (κ1) is 17.1. The van der Waals surface area contributed by atoms with Gasteiger partial charge in [-0.1, -0.05) is 0 Å². The van der Waals surface area contributed by atoms with Crippen LogP contribution in [-0.4, -0.2) is 49.6 Å². The Morgan fingerprint density at radius 3 is 1.22 bits per heavy atom. The van der Waals surface area contributed by atoms with E-state index in [0.29, 0.717) is 0 Å². The minimum Gasteiger partial charge on any atom is -1.00 e. The van der Waals surface area contributed by atoms with Gasteiger partial charge in [-0.2, -0.15) is 0 Å². The molecule has 1 saturated heterocycles. The maximum absolute atomic E-state index is 7.89. The van der Waals surface area contributed by atoms with Gasteiger partial charge in [0.2, 0.25) is 0 Å². The van der Waals surface area contributed by atoms with E-state index in [2.05, 4.69) is 9.35 Å². The summed E-state index contributed by atoms with van der Waals surface area (Å²) in [6.07, 6.45) is 0. The van der Waals surface area contributed by atoms with Crippen LogP contribution in [0.4, 0.5) is 0 Å². The SMILES string of the molecule is OP1(O)(O)OO1.[AlH3].[GeH4].[H-].[Li+]. The summed E-state index contributed by atoms with van der Waals surface area (Å²) in [6, 6.07) is 0. The fraction of sp³-hybridized carbons (Fsp3) is 0. The van der Waals surface area contributed by atoms with E-state index < -0.39 is 7.74 Å². The Bertz CT molecular complexity index is 85.4. The van der Waals surface area contributed by atoms with Gasteiger partial charge in [-0.05, 0) is 0 Å². The number of hydrogen-bond acceptors (Lipinski definition) is 5. The van der Waals surface area contributed by atoms with Crippen molar-refractivity contribution < 1.29 is 44.3 Å². The third kappa shape index (κ3) is 7.80.